The van der Waals surface area contributed by atoms with Gasteiger partial charge in [-0.1, -0.05) is 13.0 Å². The van der Waals surface area contributed by atoms with Crippen LogP contribution in [0.3, 0.4) is 0 Å². The van der Waals surface area contributed by atoms with Gasteiger partial charge in [0.25, 0.3) is 0 Å². The van der Waals surface area contributed by atoms with Crippen LogP contribution >= 0.6 is 0 Å². The van der Waals surface area contributed by atoms with E-state index < -0.39 is 0 Å². The van der Waals surface area contributed by atoms with E-state index in [-0.39, 0.29) is 5.82 Å². The maximum absolute atomic E-state index is 13.7. The Balaban J connectivity index is 2.34. The molecule has 2 atom stereocenters. The molecule has 20 heavy (non-hydrogen) atoms. The van der Waals surface area contributed by atoms with Crippen molar-refractivity contribution < 1.29 is 4.39 Å². The Labute approximate surface area is 122 Å². The van der Waals surface area contributed by atoms with Crippen molar-refractivity contribution in [3.05, 3.63) is 35.1 Å². The Hall–Kier alpha value is -0.930. The van der Waals surface area contributed by atoms with Crippen LogP contribution in [0, 0.1) is 18.7 Å². The molecule has 2 rings (SSSR count). The zero-order valence-corrected chi connectivity index (χ0v) is 13.0. The number of aryl methyl sites for hydroxylation is 1. The summed E-state index contributed by atoms with van der Waals surface area (Å²) in [5.41, 5.74) is 2.39. The van der Waals surface area contributed by atoms with E-state index in [1.165, 1.54) is 24.0 Å². The largest absolute Gasteiger partial charge is 0.319 e. The third-order valence-corrected chi connectivity index (χ3v) is 4.40. The Bertz CT molecular complexity index is 415. The summed E-state index contributed by atoms with van der Waals surface area (Å²) in [5, 5.41) is 3.31. The minimum absolute atomic E-state index is 0.115. The summed E-state index contributed by atoms with van der Waals surface area (Å²) in [6.45, 7) is 7.55. The first-order valence-electron chi connectivity index (χ1n) is 7.82. The number of nitrogens with zero attached hydrogens (tertiary/aromatic N) is 1. The molecule has 1 N–H and O–H groups in total. The van der Waals surface area contributed by atoms with Gasteiger partial charge in [-0.05, 0) is 82.0 Å². The SMILES string of the molecule is CCCN1CCCC(CNC)C1c1cc(F)ccc1C. The molecule has 1 aliphatic heterocycles. The zero-order valence-electron chi connectivity index (χ0n) is 13.0. The number of hydrogen-bond acceptors (Lipinski definition) is 2. The number of benzene rings is 1. The lowest BCUT2D eigenvalue weighted by Crippen LogP contribution is -2.42. The summed E-state index contributed by atoms with van der Waals surface area (Å²) in [6, 6.07) is 5.59. The molecule has 1 heterocycles. The summed E-state index contributed by atoms with van der Waals surface area (Å²) >= 11 is 0. The van der Waals surface area contributed by atoms with Gasteiger partial charge in [0.05, 0.1) is 0 Å². The summed E-state index contributed by atoms with van der Waals surface area (Å²) < 4.78 is 13.7. The van der Waals surface area contributed by atoms with Gasteiger partial charge in [0.15, 0.2) is 0 Å². The number of likely N-dealkylation sites (tertiary alicyclic amines) is 1. The molecule has 1 aliphatic rings. The Morgan fingerprint density at radius 1 is 1.40 bits per heavy atom. The van der Waals surface area contributed by atoms with Crippen molar-refractivity contribution in [3.8, 4) is 0 Å². The average molecular weight is 278 g/mol. The normalized spacial score (nSPS) is 24.0. The molecular formula is C17H27FN2. The van der Waals surface area contributed by atoms with E-state index in [2.05, 4.69) is 24.1 Å². The highest BCUT2D eigenvalue weighted by atomic mass is 19.1. The van der Waals surface area contributed by atoms with Crippen molar-refractivity contribution in [1.82, 2.24) is 10.2 Å². The second kappa shape index (κ2) is 7.19. The van der Waals surface area contributed by atoms with E-state index in [1.807, 2.05) is 13.1 Å². The van der Waals surface area contributed by atoms with Gasteiger partial charge in [0, 0.05) is 6.04 Å². The van der Waals surface area contributed by atoms with Gasteiger partial charge < -0.3 is 5.32 Å². The summed E-state index contributed by atoms with van der Waals surface area (Å²) in [4.78, 5) is 2.55. The van der Waals surface area contributed by atoms with Crippen LogP contribution < -0.4 is 5.32 Å². The summed E-state index contributed by atoms with van der Waals surface area (Å²) in [5.74, 6) is 0.455. The van der Waals surface area contributed by atoms with Gasteiger partial charge in [0.1, 0.15) is 5.82 Å². The molecule has 0 saturated carbocycles. The minimum atomic E-state index is -0.115. The first-order valence-corrected chi connectivity index (χ1v) is 7.82. The summed E-state index contributed by atoms with van der Waals surface area (Å²) in [6.07, 6.45) is 3.62. The average Bonchev–Trinajstić information content (AvgIpc) is 2.43. The van der Waals surface area contributed by atoms with Gasteiger partial charge in [-0.15, -0.1) is 0 Å². The summed E-state index contributed by atoms with van der Waals surface area (Å²) in [7, 11) is 2.01. The van der Waals surface area contributed by atoms with Gasteiger partial charge >= 0.3 is 0 Å². The van der Waals surface area contributed by atoms with Crippen LogP contribution in [0.15, 0.2) is 18.2 Å². The van der Waals surface area contributed by atoms with Gasteiger partial charge in [-0.3, -0.25) is 4.90 Å². The molecule has 1 saturated heterocycles. The van der Waals surface area contributed by atoms with E-state index in [4.69, 9.17) is 0 Å². The molecule has 112 valence electrons. The first kappa shape index (κ1) is 15.5. The van der Waals surface area contributed by atoms with E-state index in [0.29, 0.717) is 12.0 Å². The van der Waals surface area contributed by atoms with Crippen LogP contribution in [0.4, 0.5) is 4.39 Å². The molecule has 0 spiro atoms. The van der Waals surface area contributed by atoms with Gasteiger partial charge in [0.2, 0.25) is 0 Å². The topological polar surface area (TPSA) is 15.3 Å². The third-order valence-electron chi connectivity index (χ3n) is 4.40. The fraction of sp³-hybridized carbons (Fsp3) is 0.647. The van der Waals surface area contributed by atoms with Crippen molar-refractivity contribution in [2.75, 3.05) is 26.7 Å². The molecule has 0 radical (unpaired) electrons. The predicted molar refractivity (Wildman–Crippen MR) is 82.4 cm³/mol. The molecule has 0 aliphatic carbocycles. The lowest BCUT2D eigenvalue weighted by atomic mass is 9.82. The highest BCUT2D eigenvalue weighted by Crippen LogP contribution is 2.37. The van der Waals surface area contributed by atoms with Crippen molar-refractivity contribution in [3.63, 3.8) is 0 Å². The lowest BCUT2D eigenvalue weighted by molar-refractivity contribution is 0.0918. The number of nitrogens with one attached hydrogen (secondary N) is 1. The molecule has 3 heteroatoms. The van der Waals surface area contributed by atoms with Crippen LogP contribution in [-0.2, 0) is 0 Å². The standard InChI is InChI=1S/C17H27FN2/c1-4-9-20-10-5-6-14(12-19-3)17(20)16-11-15(18)8-7-13(16)2/h7-8,11,14,17,19H,4-6,9-10,12H2,1-3H3. The molecule has 1 aromatic rings. The third kappa shape index (κ3) is 3.39. The van der Waals surface area contributed by atoms with Crippen molar-refractivity contribution in [2.45, 2.75) is 39.2 Å². The molecule has 1 fully saturated rings. The van der Waals surface area contributed by atoms with Crippen molar-refractivity contribution in [2.24, 2.45) is 5.92 Å². The molecule has 2 nitrogen and oxygen atoms in total. The molecule has 0 bridgehead atoms. The predicted octanol–water partition coefficient (Wildman–Crippen LogP) is 3.52. The number of hydrogen-bond donors (Lipinski definition) is 1. The maximum Gasteiger partial charge on any atom is 0.123 e. The molecule has 2 unspecified atom stereocenters. The van der Waals surface area contributed by atoms with Crippen LogP contribution in [0.5, 0.6) is 0 Å². The Morgan fingerprint density at radius 2 is 2.20 bits per heavy atom. The monoisotopic (exact) mass is 278 g/mol. The number of rotatable bonds is 5. The maximum atomic E-state index is 13.7. The quantitative estimate of drug-likeness (QED) is 0.886. The van der Waals surface area contributed by atoms with Crippen LogP contribution in [0.2, 0.25) is 0 Å². The molecule has 0 aromatic heterocycles. The highest BCUT2D eigenvalue weighted by molar-refractivity contribution is 5.30. The van der Waals surface area contributed by atoms with Crippen LogP contribution in [0.25, 0.3) is 0 Å². The second-order valence-corrected chi connectivity index (χ2v) is 5.94. The fourth-order valence-corrected chi connectivity index (χ4v) is 3.55. The van der Waals surface area contributed by atoms with Gasteiger partial charge in [-0.25, -0.2) is 4.39 Å². The smallest absolute Gasteiger partial charge is 0.123 e. The molecular weight excluding hydrogens is 251 g/mol. The minimum Gasteiger partial charge on any atom is -0.319 e. The van der Waals surface area contributed by atoms with E-state index >= 15 is 0 Å². The van der Waals surface area contributed by atoms with E-state index in [0.717, 1.165) is 26.1 Å². The first-order chi connectivity index (χ1) is 9.67. The van der Waals surface area contributed by atoms with Crippen LogP contribution in [0.1, 0.15) is 43.4 Å². The second-order valence-electron chi connectivity index (χ2n) is 5.94. The zero-order chi connectivity index (χ0) is 14.5. The van der Waals surface area contributed by atoms with E-state index in [1.54, 1.807) is 12.1 Å². The lowest BCUT2D eigenvalue weighted by Gasteiger charge is -2.42. The van der Waals surface area contributed by atoms with E-state index in [9.17, 15) is 4.39 Å². The number of halogens is 1. The molecule has 0 amide bonds. The molecule has 1 aromatic carbocycles. The number of piperidine rings is 1. The van der Waals surface area contributed by atoms with Crippen molar-refractivity contribution in [1.29, 1.82) is 0 Å². The fourth-order valence-electron chi connectivity index (χ4n) is 3.55. The van der Waals surface area contributed by atoms with Gasteiger partial charge in [-0.2, -0.15) is 0 Å². The Morgan fingerprint density at radius 3 is 2.90 bits per heavy atom. The highest BCUT2D eigenvalue weighted by Gasteiger charge is 2.32. The van der Waals surface area contributed by atoms with Crippen molar-refractivity contribution >= 4 is 0 Å². The Kier molecular flexibility index (Phi) is 5.55. The van der Waals surface area contributed by atoms with Crippen LogP contribution in [-0.4, -0.2) is 31.6 Å².